The van der Waals surface area contributed by atoms with Crippen LogP contribution < -0.4 is 5.32 Å². The fourth-order valence-corrected chi connectivity index (χ4v) is 5.85. The van der Waals surface area contributed by atoms with Gasteiger partial charge in [0.25, 0.3) is 0 Å². The van der Waals surface area contributed by atoms with Crippen LogP contribution in [0.5, 0.6) is 0 Å². The van der Waals surface area contributed by atoms with Crippen molar-refractivity contribution in [2.75, 3.05) is 13.1 Å². The third-order valence-corrected chi connectivity index (χ3v) is 8.09. The number of carbonyl (C=O) groups excluding carboxylic acids is 1. The summed E-state index contributed by atoms with van der Waals surface area (Å²) in [7, 11) is -3.12. The molecule has 12 heteroatoms. The van der Waals surface area contributed by atoms with E-state index in [0.29, 0.717) is 32.4 Å². The summed E-state index contributed by atoms with van der Waals surface area (Å²) in [5.74, 6) is -2.63. The number of halogens is 3. The van der Waals surface area contributed by atoms with Crippen LogP contribution in [0.2, 0.25) is 0 Å². The van der Waals surface area contributed by atoms with Gasteiger partial charge in [-0.1, -0.05) is 6.07 Å². The number of hydrogen-bond acceptors (Lipinski definition) is 5. The number of hydrogen-bond donors (Lipinski definition) is 2. The van der Waals surface area contributed by atoms with Crippen LogP contribution in [0.1, 0.15) is 43.6 Å². The van der Waals surface area contributed by atoms with Crippen LogP contribution in [0.25, 0.3) is 0 Å². The number of aromatic nitrogens is 1. The summed E-state index contributed by atoms with van der Waals surface area (Å²) in [4.78, 5) is 25.1. The number of sulfonamides is 1. The first kappa shape index (κ1) is 22.5. The smallest absolute Gasteiger partial charge is 0.475 e. The maximum Gasteiger partial charge on any atom is 0.490 e. The van der Waals surface area contributed by atoms with Crippen molar-refractivity contribution >= 4 is 21.9 Å². The van der Waals surface area contributed by atoms with Crippen molar-refractivity contribution in [3.05, 3.63) is 30.1 Å². The summed E-state index contributed by atoms with van der Waals surface area (Å²) in [6.07, 6.45) is 1.85. The number of rotatable bonds is 3. The van der Waals surface area contributed by atoms with Crippen LogP contribution in [0.4, 0.5) is 13.2 Å². The van der Waals surface area contributed by atoms with Gasteiger partial charge in [0.05, 0.1) is 5.25 Å². The Labute approximate surface area is 171 Å². The molecule has 1 amide bonds. The highest BCUT2D eigenvalue weighted by Gasteiger charge is 2.51. The van der Waals surface area contributed by atoms with E-state index in [-0.39, 0.29) is 22.6 Å². The van der Waals surface area contributed by atoms with E-state index in [1.807, 2.05) is 18.3 Å². The van der Waals surface area contributed by atoms with Crippen molar-refractivity contribution in [2.24, 2.45) is 0 Å². The fourth-order valence-electron chi connectivity index (χ4n) is 4.01. The summed E-state index contributed by atoms with van der Waals surface area (Å²) in [6.45, 7) is 0.992. The van der Waals surface area contributed by atoms with Gasteiger partial charge < -0.3 is 10.4 Å². The number of carboxylic acid groups (broad SMARTS) is 1. The molecular formula is C18H22F3N3O5S. The Bertz CT molecular complexity index is 895. The Kier molecular flexibility index (Phi) is 6.10. The van der Waals surface area contributed by atoms with Crippen LogP contribution >= 0.6 is 0 Å². The van der Waals surface area contributed by atoms with Gasteiger partial charge in [-0.25, -0.2) is 17.5 Å². The number of piperidine rings is 1. The molecule has 166 valence electrons. The zero-order valence-electron chi connectivity index (χ0n) is 15.9. The third-order valence-electron chi connectivity index (χ3n) is 5.69. The molecule has 1 aromatic heterocycles. The average Bonchev–Trinajstić information content (AvgIpc) is 3.49. The molecule has 8 nitrogen and oxygen atoms in total. The summed E-state index contributed by atoms with van der Waals surface area (Å²) < 4.78 is 58.2. The van der Waals surface area contributed by atoms with E-state index in [1.54, 1.807) is 10.5 Å². The highest BCUT2D eigenvalue weighted by molar-refractivity contribution is 7.90. The molecule has 1 atom stereocenters. The minimum atomic E-state index is -5.08. The van der Waals surface area contributed by atoms with Gasteiger partial charge in [0.1, 0.15) is 0 Å². The molecular weight excluding hydrogens is 427 g/mol. The molecule has 3 fully saturated rings. The lowest BCUT2D eigenvalue weighted by Crippen LogP contribution is -2.54. The van der Waals surface area contributed by atoms with Crippen molar-refractivity contribution in [3.63, 3.8) is 0 Å². The molecule has 0 aromatic carbocycles. The SMILES string of the molecule is O=C(O)C(F)(F)F.O=C1CC(c2cccnc2)C2(CCN(S(=O)(=O)C3CC3)CC2)N1. The van der Waals surface area contributed by atoms with Gasteiger partial charge in [-0.2, -0.15) is 13.2 Å². The minimum Gasteiger partial charge on any atom is -0.475 e. The number of pyridine rings is 1. The van der Waals surface area contributed by atoms with Crippen molar-refractivity contribution in [3.8, 4) is 0 Å². The monoisotopic (exact) mass is 449 g/mol. The van der Waals surface area contributed by atoms with Crippen molar-refractivity contribution < 1.29 is 36.3 Å². The predicted molar refractivity (Wildman–Crippen MR) is 98.9 cm³/mol. The molecule has 1 aliphatic carbocycles. The zero-order chi connectivity index (χ0) is 22.2. The third kappa shape index (κ3) is 4.75. The molecule has 2 N–H and O–H groups in total. The Morgan fingerprint density at radius 2 is 1.87 bits per heavy atom. The summed E-state index contributed by atoms with van der Waals surface area (Å²) in [6, 6.07) is 3.89. The lowest BCUT2D eigenvalue weighted by atomic mass is 9.75. The van der Waals surface area contributed by atoms with E-state index in [2.05, 4.69) is 10.3 Å². The van der Waals surface area contributed by atoms with E-state index >= 15 is 0 Å². The quantitative estimate of drug-likeness (QED) is 0.725. The first-order valence-corrected chi connectivity index (χ1v) is 11.0. The Balaban J connectivity index is 0.000000318. The molecule has 4 rings (SSSR count). The van der Waals surface area contributed by atoms with Gasteiger partial charge in [0.15, 0.2) is 0 Å². The zero-order valence-corrected chi connectivity index (χ0v) is 16.7. The standard InChI is InChI=1S/C16H21N3O3S.C2HF3O2/c20-15-10-14(12-2-1-7-17-11-12)16(18-15)5-8-19(9-6-16)23(21,22)13-3-4-13;3-2(4,5)1(6)7/h1-2,7,11,13-14H,3-6,8-10H2,(H,18,20);(H,6,7). The van der Waals surface area contributed by atoms with E-state index in [0.717, 1.165) is 18.4 Å². The average molecular weight is 449 g/mol. The van der Waals surface area contributed by atoms with Gasteiger partial charge in [-0.15, -0.1) is 0 Å². The second kappa shape index (κ2) is 8.14. The van der Waals surface area contributed by atoms with E-state index in [9.17, 15) is 26.4 Å². The van der Waals surface area contributed by atoms with Gasteiger partial charge in [-0.05, 0) is 37.3 Å². The number of alkyl halides is 3. The van der Waals surface area contributed by atoms with Crippen LogP contribution in [-0.4, -0.2) is 64.7 Å². The van der Waals surface area contributed by atoms with Crippen molar-refractivity contribution in [1.29, 1.82) is 0 Å². The minimum absolute atomic E-state index is 0.0531. The molecule has 2 aliphatic heterocycles. The molecule has 3 heterocycles. The van der Waals surface area contributed by atoms with Crippen molar-refractivity contribution in [1.82, 2.24) is 14.6 Å². The van der Waals surface area contributed by atoms with Gasteiger partial charge in [-0.3, -0.25) is 9.78 Å². The number of nitrogens with zero attached hydrogens (tertiary/aromatic N) is 2. The molecule has 1 aromatic rings. The molecule has 0 bridgehead atoms. The highest BCUT2D eigenvalue weighted by Crippen LogP contribution is 2.44. The van der Waals surface area contributed by atoms with E-state index in [4.69, 9.17) is 9.90 Å². The van der Waals surface area contributed by atoms with Gasteiger partial charge >= 0.3 is 12.1 Å². The first-order chi connectivity index (χ1) is 14.0. The fraction of sp³-hybridized carbons (Fsp3) is 0.611. The lowest BCUT2D eigenvalue weighted by Gasteiger charge is -2.42. The van der Waals surface area contributed by atoms with E-state index < -0.39 is 22.2 Å². The topological polar surface area (TPSA) is 117 Å². The second-order valence-electron chi connectivity index (χ2n) is 7.69. The molecule has 0 radical (unpaired) electrons. The number of nitrogens with one attached hydrogen (secondary N) is 1. The van der Waals surface area contributed by atoms with Crippen LogP contribution in [0, 0.1) is 0 Å². The van der Waals surface area contributed by atoms with Gasteiger partial charge in [0, 0.05) is 43.4 Å². The van der Waals surface area contributed by atoms with Crippen molar-refractivity contribution in [2.45, 2.75) is 55.0 Å². The molecule has 3 aliphatic rings. The summed E-state index contributed by atoms with van der Waals surface area (Å²) in [5, 5.41) is 10.1. The van der Waals surface area contributed by atoms with Crippen LogP contribution in [0.3, 0.4) is 0 Å². The molecule has 30 heavy (non-hydrogen) atoms. The lowest BCUT2D eigenvalue weighted by molar-refractivity contribution is -0.192. The summed E-state index contributed by atoms with van der Waals surface area (Å²) >= 11 is 0. The van der Waals surface area contributed by atoms with Crippen LogP contribution in [0.15, 0.2) is 24.5 Å². The first-order valence-electron chi connectivity index (χ1n) is 9.46. The molecule has 1 unspecified atom stereocenters. The number of aliphatic carboxylic acids is 1. The number of carbonyl (C=O) groups is 2. The van der Waals surface area contributed by atoms with E-state index in [1.165, 1.54) is 0 Å². The maximum atomic E-state index is 12.4. The van der Waals surface area contributed by atoms with Gasteiger partial charge in [0.2, 0.25) is 15.9 Å². The Hall–Kier alpha value is -2.21. The largest absolute Gasteiger partial charge is 0.490 e. The molecule has 1 saturated carbocycles. The Morgan fingerprint density at radius 3 is 2.33 bits per heavy atom. The predicted octanol–water partition coefficient (Wildman–Crippen LogP) is 1.65. The maximum absolute atomic E-state index is 12.4. The normalized spacial score (nSPS) is 24.1. The number of carboxylic acids is 1. The molecule has 2 saturated heterocycles. The molecule has 1 spiro atoms. The second-order valence-corrected chi connectivity index (χ2v) is 9.91. The van der Waals surface area contributed by atoms with Crippen LogP contribution in [-0.2, 0) is 19.6 Å². The number of amides is 1. The summed E-state index contributed by atoms with van der Waals surface area (Å²) in [5.41, 5.74) is 0.736. The highest BCUT2D eigenvalue weighted by atomic mass is 32.2. The Morgan fingerprint density at radius 1 is 1.27 bits per heavy atom.